The maximum Gasteiger partial charge on any atom is 0.0807 e. The Hall–Kier alpha value is -0.240. The summed E-state index contributed by atoms with van der Waals surface area (Å²) in [7, 11) is 0. The number of halogens is 2. The number of aliphatic hydroxyl groups is 1. The third-order valence-electron chi connectivity index (χ3n) is 3.35. The highest BCUT2D eigenvalue weighted by atomic mass is 35.5. The molecule has 0 amide bonds. The Morgan fingerprint density at radius 3 is 2.62 bits per heavy atom. The van der Waals surface area contributed by atoms with E-state index in [1.165, 1.54) is 25.7 Å². The van der Waals surface area contributed by atoms with E-state index >= 15 is 0 Å². The fourth-order valence-electron chi connectivity index (χ4n) is 2.46. The molecule has 2 rings (SSSR count). The average molecular weight is 259 g/mol. The number of aliphatic hydroxyl groups excluding tert-OH is 1. The van der Waals surface area contributed by atoms with Crippen molar-refractivity contribution in [2.24, 2.45) is 5.92 Å². The lowest BCUT2D eigenvalue weighted by Gasteiger charge is -2.17. The second-order valence-corrected chi connectivity index (χ2v) is 5.41. The molecule has 88 valence electrons. The molecule has 1 N–H and O–H groups in total. The molecular formula is C13H16Cl2O. The van der Waals surface area contributed by atoms with Crippen LogP contribution in [0.3, 0.4) is 0 Å². The van der Waals surface area contributed by atoms with Crippen molar-refractivity contribution in [2.45, 2.75) is 38.2 Å². The topological polar surface area (TPSA) is 20.2 Å². The molecule has 0 saturated heterocycles. The minimum Gasteiger partial charge on any atom is -0.388 e. The van der Waals surface area contributed by atoms with Crippen molar-refractivity contribution in [1.82, 2.24) is 0 Å². The minimum atomic E-state index is -0.478. The summed E-state index contributed by atoms with van der Waals surface area (Å²) in [5, 5.41) is 11.4. The lowest BCUT2D eigenvalue weighted by Crippen LogP contribution is -2.04. The molecule has 1 aliphatic carbocycles. The van der Waals surface area contributed by atoms with Gasteiger partial charge in [-0.15, -0.1) is 0 Å². The molecule has 1 unspecified atom stereocenters. The van der Waals surface area contributed by atoms with Gasteiger partial charge in [-0.25, -0.2) is 0 Å². The molecule has 3 heteroatoms. The second-order valence-electron chi connectivity index (χ2n) is 4.57. The normalized spacial score (nSPS) is 18.9. The maximum atomic E-state index is 10.1. The average Bonchev–Trinajstić information content (AvgIpc) is 2.74. The van der Waals surface area contributed by atoms with Crippen molar-refractivity contribution in [1.29, 1.82) is 0 Å². The highest BCUT2D eigenvalue weighted by molar-refractivity contribution is 6.33. The lowest BCUT2D eigenvalue weighted by molar-refractivity contribution is 0.145. The highest BCUT2D eigenvalue weighted by Gasteiger charge is 2.21. The molecule has 0 aliphatic heterocycles. The first kappa shape index (κ1) is 12.2. The first-order chi connectivity index (χ1) is 7.66. The summed E-state index contributed by atoms with van der Waals surface area (Å²) in [5.41, 5.74) is 0.765. The predicted molar refractivity (Wildman–Crippen MR) is 68.0 cm³/mol. The third-order valence-corrected chi connectivity index (χ3v) is 3.93. The van der Waals surface area contributed by atoms with Crippen LogP contribution in [-0.4, -0.2) is 5.11 Å². The van der Waals surface area contributed by atoms with Crippen molar-refractivity contribution in [3.63, 3.8) is 0 Å². The van der Waals surface area contributed by atoms with Crippen LogP contribution in [0.4, 0.5) is 0 Å². The second kappa shape index (κ2) is 5.39. The van der Waals surface area contributed by atoms with E-state index in [4.69, 9.17) is 23.2 Å². The molecule has 1 aliphatic rings. The zero-order chi connectivity index (χ0) is 11.5. The maximum absolute atomic E-state index is 10.1. The van der Waals surface area contributed by atoms with Crippen LogP contribution in [0.25, 0.3) is 0 Å². The summed E-state index contributed by atoms with van der Waals surface area (Å²) < 4.78 is 0. The Morgan fingerprint density at radius 2 is 1.94 bits per heavy atom. The van der Waals surface area contributed by atoms with E-state index in [1.54, 1.807) is 18.2 Å². The van der Waals surface area contributed by atoms with Crippen LogP contribution in [0.15, 0.2) is 18.2 Å². The summed E-state index contributed by atoms with van der Waals surface area (Å²) in [5.74, 6) is 0.644. The quantitative estimate of drug-likeness (QED) is 0.840. The van der Waals surface area contributed by atoms with Crippen molar-refractivity contribution in [3.05, 3.63) is 33.8 Å². The number of hydrogen-bond donors (Lipinski definition) is 1. The van der Waals surface area contributed by atoms with Crippen LogP contribution in [0, 0.1) is 5.92 Å². The van der Waals surface area contributed by atoms with Crippen LogP contribution in [-0.2, 0) is 0 Å². The molecule has 0 spiro atoms. The largest absolute Gasteiger partial charge is 0.388 e. The predicted octanol–water partition coefficient (Wildman–Crippen LogP) is 4.61. The Balaban J connectivity index is 2.07. The molecule has 0 aromatic heterocycles. The van der Waals surface area contributed by atoms with Gasteiger partial charge in [-0.2, -0.15) is 0 Å². The van der Waals surface area contributed by atoms with Gasteiger partial charge in [0.25, 0.3) is 0 Å². The Bertz CT molecular complexity index is 359. The number of hydrogen-bond acceptors (Lipinski definition) is 1. The fourth-order valence-corrected chi connectivity index (χ4v) is 2.88. The van der Waals surface area contributed by atoms with Gasteiger partial charge in [-0.3, -0.25) is 0 Å². The smallest absolute Gasteiger partial charge is 0.0807 e. The molecule has 1 fully saturated rings. The molecule has 1 aromatic carbocycles. The van der Waals surface area contributed by atoms with Gasteiger partial charge in [0.15, 0.2) is 0 Å². The Labute approximate surface area is 106 Å². The van der Waals surface area contributed by atoms with Crippen molar-refractivity contribution in [2.75, 3.05) is 0 Å². The van der Waals surface area contributed by atoms with Gasteiger partial charge in [0.1, 0.15) is 0 Å². The Kier molecular flexibility index (Phi) is 4.12. The third kappa shape index (κ3) is 2.91. The minimum absolute atomic E-state index is 0.478. The van der Waals surface area contributed by atoms with E-state index in [2.05, 4.69) is 0 Å². The monoisotopic (exact) mass is 258 g/mol. The van der Waals surface area contributed by atoms with E-state index in [-0.39, 0.29) is 0 Å². The van der Waals surface area contributed by atoms with Gasteiger partial charge in [0.2, 0.25) is 0 Å². The van der Waals surface area contributed by atoms with E-state index in [0.717, 1.165) is 12.0 Å². The molecule has 1 aromatic rings. The number of benzene rings is 1. The summed E-state index contributed by atoms with van der Waals surface area (Å²) in [6.07, 6.45) is 5.38. The Morgan fingerprint density at radius 1 is 1.25 bits per heavy atom. The van der Waals surface area contributed by atoms with Gasteiger partial charge >= 0.3 is 0 Å². The van der Waals surface area contributed by atoms with Crippen molar-refractivity contribution < 1.29 is 5.11 Å². The molecule has 16 heavy (non-hydrogen) atoms. The molecule has 0 radical (unpaired) electrons. The van der Waals surface area contributed by atoms with Crippen LogP contribution in [0.1, 0.15) is 43.8 Å². The molecule has 1 nitrogen and oxygen atoms in total. The summed E-state index contributed by atoms with van der Waals surface area (Å²) >= 11 is 12.0. The SMILES string of the molecule is OC(CC1CCCC1)c1cc(Cl)ccc1Cl. The van der Waals surface area contributed by atoms with Crippen molar-refractivity contribution in [3.8, 4) is 0 Å². The zero-order valence-corrected chi connectivity index (χ0v) is 10.6. The molecule has 1 atom stereocenters. The van der Waals surface area contributed by atoms with Gasteiger partial charge < -0.3 is 5.11 Å². The van der Waals surface area contributed by atoms with Crippen LogP contribution >= 0.6 is 23.2 Å². The van der Waals surface area contributed by atoms with Gasteiger partial charge in [0, 0.05) is 15.6 Å². The zero-order valence-electron chi connectivity index (χ0n) is 9.13. The molecule has 0 heterocycles. The van der Waals surface area contributed by atoms with E-state index in [9.17, 15) is 5.11 Å². The first-order valence-electron chi connectivity index (χ1n) is 5.80. The van der Waals surface area contributed by atoms with Crippen LogP contribution < -0.4 is 0 Å². The standard InChI is InChI=1S/C13H16Cl2O/c14-10-5-6-12(15)11(8-10)13(16)7-9-3-1-2-4-9/h5-6,8-9,13,16H,1-4,7H2. The van der Waals surface area contributed by atoms with Gasteiger partial charge in [-0.05, 0) is 30.5 Å². The summed E-state index contributed by atoms with van der Waals surface area (Å²) in [6, 6.07) is 5.26. The van der Waals surface area contributed by atoms with E-state index in [0.29, 0.717) is 16.0 Å². The summed E-state index contributed by atoms with van der Waals surface area (Å²) in [6.45, 7) is 0. The van der Waals surface area contributed by atoms with Crippen LogP contribution in [0.2, 0.25) is 10.0 Å². The fraction of sp³-hybridized carbons (Fsp3) is 0.538. The van der Waals surface area contributed by atoms with Crippen LogP contribution in [0.5, 0.6) is 0 Å². The lowest BCUT2D eigenvalue weighted by atomic mass is 9.96. The van der Waals surface area contributed by atoms with Gasteiger partial charge in [-0.1, -0.05) is 48.9 Å². The highest BCUT2D eigenvalue weighted by Crippen LogP contribution is 2.35. The molecular weight excluding hydrogens is 243 g/mol. The van der Waals surface area contributed by atoms with Crippen molar-refractivity contribution >= 4 is 23.2 Å². The van der Waals surface area contributed by atoms with E-state index in [1.807, 2.05) is 0 Å². The molecule has 1 saturated carbocycles. The van der Waals surface area contributed by atoms with E-state index < -0.39 is 6.10 Å². The number of rotatable bonds is 3. The molecule has 0 bridgehead atoms. The van der Waals surface area contributed by atoms with Gasteiger partial charge in [0.05, 0.1) is 6.10 Å². The summed E-state index contributed by atoms with van der Waals surface area (Å²) in [4.78, 5) is 0. The first-order valence-corrected chi connectivity index (χ1v) is 6.55.